The molecule has 1 saturated carbocycles. The van der Waals surface area contributed by atoms with Gasteiger partial charge in [0.05, 0.1) is 18.5 Å². The Bertz CT molecular complexity index is 716. The minimum absolute atomic E-state index is 0.00299. The highest BCUT2D eigenvalue weighted by atomic mass is 16.8. The third-order valence-corrected chi connectivity index (χ3v) is 4.53. The zero-order chi connectivity index (χ0) is 15.5. The predicted molar refractivity (Wildman–Crippen MR) is 77.8 cm³/mol. The maximum absolute atomic E-state index is 9.65. The number of aromatic nitrogens is 4. The number of fused-ring (bicyclic) bond motifs is 2. The molecule has 118 valence electrons. The molecule has 0 spiro atoms. The second-order valence-corrected chi connectivity index (χ2v) is 6.39. The smallest absolute Gasteiger partial charge is 0.165 e. The molecule has 1 aliphatic carbocycles. The minimum Gasteiger partial charge on any atom is -0.396 e. The Morgan fingerprint density at radius 3 is 2.86 bits per heavy atom. The second-order valence-electron chi connectivity index (χ2n) is 6.39. The average Bonchev–Trinajstić information content (AvgIpc) is 3.10. The van der Waals surface area contributed by atoms with E-state index in [2.05, 4.69) is 15.0 Å². The number of ether oxygens (including phenoxy) is 2. The lowest BCUT2D eigenvalue weighted by Gasteiger charge is -2.23. The van der Waals surface area contributed by atoms with Gasteiger partial charge in [-0.3, -0.25) is 0 Å². The second kappa shape index (κ2) is 4.61. The molecule has 4 unspecified atom stereocenters. The van der Waals surface area contributed by atoms with Crippen molar-refractivity contribution in [2.24, 2.45) is 5.92 Å². The van der Waals surface area contributed by atoms with Gasteiger partial charge >= 0.3 is 0 Å². The summed E-state index contributed by atoms with van der Waals surface area (Å²) in [4.78, 5) is 12.6. The van der Waals surface area contributed by atoms with Crippen molar-refractivity contribution in [3.63, 3.8) is 0 Å². The summed E-state index contributed by atoms with van der Waals surface area (Å²) in [5, 5.41) is 9.65. The molecule has 2 aromatic rings. The summed E-state index contributed by atoms with van der Waals surface area (Å²) in [5.74, 6) is -0.249. The van der Waals surface area contributed by atoms with Gasteiger partial charge in [0, 0.05) is 12.5 Å². The van der Waals surface area contributed by atoms with Crippen molar-refractivity contribution in [3.8, 4) is 0 Å². The lowest BCUT2D eigenvalue weighted by molar-refractivity contribution is -0.161. The highest BCUT2D eigenvalue weighted by Crippen LogP contribution is 2.47. The van der Waals surface area contributed by atoms with Crippen LogP contribution in [0.4, 0.5) is 5.82 Å². The Balaban J connectivity index is 1.77. The van der Waals surface area contributed by atoms with Crippen LogP contribution < -0.4 is 5.73 Å². The van der Waals surface area contributed by atoms with Crippen molar-refractivity contribution in [3.05, 3.63) is 12.7 Å². The number of aliphatic hydroxyl groups excluding tert-OH is 1. The fourth-order valence-corrected chi connectivity index (χ4v) is 3.62. The van der Waals surface area contributed by atoms with Crippen molar-refractivity contribution in [2.45, 2.75) is 44.3 Å². The van der Waals surface area contributed by atoms with Crippen LogP contribution in [0.3, 0.4) is 0 Å². The lowest BCUT2D eigenvalue weighted by Crippen LogP contribution is -2.27. The fraction of sp³-hybridized carbons (Fsp3) is 0.643. The Kier molecular flexibility index (Phi) is 2.91. The van der Waals surface area contributed by atoms with E-state index in [-0.39, 0.29) is 30.8 Å². The summed E-state index contributed by atoms with van der Waals surface area (Å²) in [5.41, 5.74) is 7.12. The van der Waals surface area contributed by atoms with E-state index in [0.717, 1.165) is 6.42 Å². The lowest BCUT2D eigenvalue weighted by atomic mass is 10.1. The molecule has 3 heterocycles. The third kappa shape index (κ3) is 1.91. The maximum Gasteiger partial charge on any atom is 0.165 e. The normalized spacial score (nSPS) is 33.4. The van der Waals surface area contributed by atoms with Crippen molar-refractivity contribution >= 4 is 17.0 Å². The Morgan fingerprint density at radius 1 is 1.32 bits per heavy atom. The molecule has 22 heavy (non-hydrogen) atoms. The van der Waals surface area contributed by atoms with E-state index in [1.165, 1.54) is 6.33 Å². The first kappa shape index (κ1) is 13.9. The molecule has 8 heteroatoms. The molecule has 8 nitrogen and oxygen atoms in total. The van der Waals surface area contributed by atoms with Crippen LogP contribution in [-0.2, 0) is 9.47 Å². The number of nitrogens with two attached hydrogens (primary N) is 1. The molecular formula is C14H19N5O3. The zero-order valence-corrected chi connectivity index (χ0v) is 12.5. The molecule has 4 rings (SSSR count). The number of imidazole rings is 1. The summed E-state index contributed by atoms with van der Waals surface area (Å²) in [7, 11) is 0. The predicted octanol–water partition coefficient (Wildman–Crippen LogP) is 0.482. The van der Waals surface area contributed by atoms with E-state index in [1.54, 1.807) is 6.33 Å². The van der Waals surface area contributed by atoms with Crippen LogP contribution >= 0.6 is 0 Å². The van der Waals surface area contributed by atoms with Gasteiger partial charge in [-0.2, -0.15) is 0 Å². The van der Waals surface area contributed by atoms with Crippen LogP contribution in [0.2, 0.25) is 0 Å². The minimum atomic E-state index is -0.647. The Morgan fingerprint density at radius 2 is 2.09 bits per heavy atom. The zero-order valence-electron chi connectivity index (χ0n) is 12.5. The molecule has 1 aliphatic heterocycles. The van der Waals surface area contributed by atoms with Crippen LogP contribution in [0.15, 0.2) is 12.7 Å². The average molecular weight is 305 g/mol. The van der Waals surface area contributed by atoms with Crippen LogP contribution in [-0.4, -0.2) is 49.2 Å². The quantitative estimate of drug-likeness (QED) is 0.830. The molecule has 0 aromatic carbocycles. The van der Waals surface area contributed by atoms with E-state index in [9.17, 15) is 5.11 Å². The number of aliphatic hydroxyl groups is 1. The van der Waals surface area contributed by atoms with Gasteiger partial charge in [0.1, 0.15) is 17.9 Å². The highest BCUT2D eigenvalue weighted by molar-refractivity contribution is 5.81. The van der Waals surface area contributed by atoms with Crippen molar-refractivity contribution in [2.75, 3.05) is 12.3 Å². The molecule has 3 N–H and O–H groups in total. The molecular weight excluding hydrogens is 286 g/mol. The summed E-state index contributed by atoms with van der Waals surface area (Å²) in [6.07, 6.45) is 3.63. The molecule has 0 bridgehead atoms. The number of rotatable bonds is 2. The van der Waals surface area contributed by atoms with Gasteiger partial charge in [-0.15, -0.1) is 0 Å². The van der Waals surface area contributed by atoms with Gasteiger partial charge < -0.3 is 24.9 Å². The Hall–Kier alpha value is -1.77. The summed E-state index contributed by atoms with van der Waals surface area (Å²) < 4.78 is 14.0. The van der Waals surface area contributed by atoms with Gasteiger partial charge in [-0.25, -0.2) is 15.0 Å². The van der Waals surface area contributed by atoms with E-state index in [0.29, 0.717) is 17.0 Å². The highest BCUT2D eigenvalue weighted by Gasteiger charge is 2.54. The topological polar surface area (TPSA) is 108 Å². The van der Waals surface area contributed by atoms with Gasteiger partial charge in [-0.1, -0.05) is 0 Å². The first-order valence-corrected chi connectivity index (χ1v) is 7.39. The number of nitrogen functional groups attached to an aromatic ring is 1. The molecule has 0 amide bonds. The first-order valence-electron chi connectivity index (χ1n) is 7.39. The monoisotopic (exact) mass is 305 g/mol. The number of hydrogen-bond donors (Lipinski definition) is 2. The number of hydrogen-bond acceptors (Lipinski definition) is 7. The molecule has 1 saturated heterocycles. The van der Waals surface area contributed by atoms with Gasteiger partial charge in [0.2, 0.25) is 0 Å². The molecule has 4 atom stereocenters. The molecule has 2 aliphatic rings. The van der Waals surface area contributed by atoms with Crippen LogP contribution in [0.5, 0.6) is 0 Å². The molecule has 0 radical (unpaired) electrons. The van der Waals surface area contributed by atoms with Crippen LogP contribution in [0, 0.1) is 5.92 Å². The molecule has 2 fully saturated rings. The number of nitrogens with zero attached hydrogens (tertiary/aromatic N) is 4. The van der Waals surface area contributed by atoms with E-state index in [4.69, 9.17) is 15.2 Å². The van der Waals surface area contributed by atoms with Crippen LogP contribution in [0.1, 0.15) is 26.3 Å². The fourth-order valence-electron chi connectivity index (χ4n) is 3.62. The SMILES string of the molecule is CC1(C)OC2C(CO)CC(n3cnc4c(N)ncnc43)C2O1. The van der Waals surface area contributed by atoms with E-state index >= 15 is 0 Å². The largest absolute Gasteiger partial charge is 0.396 e. The van der Waals surface area contributed by atoms with Crippen molar-refractivity contribution in [1.29, 1.82) is 0 Å². The van der Waals surface area contributed by atoms with Gasteiger partial charge in [0.15, 0.2) is 17.3 Å². The molecule has 2 aromatic heterocycles. The van der Waals surface area contributed by atoms with E-state index in [1.807, 2.05) is 18.4 Å². The summed E-state index contributed by atoms with van der Waals surface area (Å²) in [6.45, 7) is 3.85. The Labute approximate surface area is 127 Å². The summed E-state index contributed by atoms with van der Waals surface area (Å²) in [6, 6.07) is 0.00299. The maximum atomic E-state index is 9.65. The van der Waals surface area contributed by atoms with Crippen LogP contribution in [0.25, 0.3) is 11.2 Å². The third-order valence-electron chi connectivity index (χ3n) is 4.53. The van der Waals surface area contributed by atoms with Crippen molar-refractivity contribution in [1.82, 2.24) is 19.5 Å². The standard InChI is InChI=1S/C14H19N5O3/c1-14(2)21-10-7(4-20)3-8(11(10)22-14)19-6-18-9-12(15)16-5-17-13(9)19/h5-8,10-11,20H,3-4H2,1-2H3,(H2,15,16,17). The number of anilines is 1. The van der Waals surface area contributed by atoms with Gasteiger partial charge in [-0.05, 0) is 20.3 Å². The van der Waals surface area contributed by atoms with Gasteiger partial charge in [0.25, 0.3) is 0 Å². The van der Waals surface area contributed by atoms with E-state index < -0.39 is 5.79 Å². The summed E-state index contributed by atoms with van der Waals surface area (Å²) >= 11 is 0. The first-order chi connectivity index (χ1) is 10.5. The van der Waals surface area contributed by atoms with Crippen molar-refractivity contribution < 1.29 is 14.6 Å².